The number of primary amides is 1. The van der Waals surface area contributed by atoms with Gasteiger partial charge < -0.3 is 11.1 Å². The van der Waals surface area contributed by atoms with Crippen LogP contribution in [0.5, 0.6) is 0 Å². The Morgan fingerprint density at radius 2 is 2.18 bits per heavy atom. The predicted molar refractivity (Wildman–Crippen MR) is 58.2 cm³/mol. The number of nitrogens with one attached hydrogen (secondary N) is 2. The molecule has 0 bridgehead atoms. The van der Waals surface area contributed by atoms with Crippen LogP contribution in [0.15, 0.2) is 6.20 Å². The van der Waals surface area contributed by atoms with Crippen LogP contribution in [0.1, 0.15) is 29.4 Å². The van der Waals surface area contributed by atoms with Crippen LogP contribution in [0.3, 0.4) is 0 Å². The molecule has 1 saturated heterocycles. The Morgan fingerprint density at radius 3 is 2.82 bits per heavy atom. The minimum Gasteiger partial charge on any atom is -0.351 e. The van der Waals surface area contributed by atoms with Crippen LogP contribution in [0, 0.1) is 0 Å². The number of urea groups is 1. The molecule has 8 nitrogen and oxygen atoms in total. The summed E-state index contributed by atoms with van der Waals surface area (Å²) in [7, 11) is 0. The quantitative estimate of drug-likeness (QED) is 0.612. The van der Waals surface area contributed by atoms with Crippen LogP contribution < -0.4 is 16.4 Å². The van der Waals surface area contributed by atoms with E-state index < -0.39 is 11.9 Å². The van der Waals surface area contributed by atoms with Gasteiger partial charge in [0.05, 0.1) is 12.2 Å². The van der Waals surface area contributed by atoms with Crippen molar-refractivity contribution in [2.45, 2.75) is 18.9 Å². The van der Waals surface area contributed by atoms with Gasteiger partial charge in [-0.15, -0.1) is 5.10 Å². The van der Waals surface area contributed by atoms with Gasteiger partial charge in [-0.1, -0.05) is 5.21 Å². The van der Waals surface area contributed by atoms with Gasteiger partial charge in [-0.05, 0) is 25.9 Å². The molecule has 1 aromatic heterocycles. The van der Waals surface area contributed by atoms with Crippen molar-refractivity contribution in [3.63, 3.8) is 0 Å². The Labute approximate surface area is 97.5 Å². The smallest absolute Gasteiger partial charge is 0.319 e. The number of aromatic nitrogens is 3. The second kappa shape index (κ2) is 4.91. The number of carbonyl (C=O) groups excluding carboxylic acids is 2. The van der Waals surface area contributed by atoms with E-state index in [0.29, 0.717) is 0 Å². The third-order valence-corrected chi connectivity index (χ3v) is 2.66. The largest absolute Gasteiger partial charge is 0.351 e. The second-order valence-corrected chi connectivity index (χ2v) is 3.88. The molecule has 0 radical (unpaired) electrons. The summed E-state index contributed by atoms with van der Waals surface area (Å²) in [4.78, 5) is 21.9. The number of carbonyl (C=O) groups is 2. The van der Waals surface area contributed by atoms with E-state index in [0.717, 1.165) is 25.9 Å². The van der Waals surface area contributed by atoms with Crippen molar-refractivity contribution in [3.8, 4) is 0 Å². The van der Waals surface area contributed by atoms with E-state index in [1.165, 1.54) is 6.20 Å². The first-order valence-electron chi connectivity index (χ1n) is 5.40. The Balaban J connectivity index is 2.04. The van der Waals surface area contributed by atoms with Crippen LogP contribution in [0.4, 0.5) is 4.79 Å². The number of amides is 3. The van der Waals surface area contributed by atoms with E-state index in [2.05, 4.69) is 15.6 Å². The van der Waals surface area contributed by atoms with E-state index in [9.17, 15) is 9.59 Å². The molecule has 0 aromatic carbocycles. The first-order valence-corrected chi connectivity index (χ1v) is 5.40. The molecule has 2 heterocycles. The van der Waals surface area contributed by atoms with Gasteiger partial charge >= 0.3 is 6.03 Å². The minimum atomic E-state index is -0.897. The maximum absolute atomic E-state index is 11.4. The van der Waals surface area contributed by atoms with Gasteiger partial charge in [0.1, 0.15) is 0 Å². The van der Waals surface area contributed by atoms with Crippen LogP contribution in [-0.2, 0) is 0 Å². The molecule has 17 heavy (non-hydrogen) atoms. The van der Waals surface area contributed by atoms with Gasteiger partial charge in [-0.3, -0.25) is 10.1 Å². The zero-order chi connectivity index (χ0) is 12.3. The number of nitrogens with two attached hydrogens (primary N) is 1. The molecule has 1 fully saturated rings. The molecule has 0 saturated carbocycles. The summed E-state index contributed by atoms with van der Waals surface area (Å²) in [6.07, 6.45) is 3.43. The summed E-state index contributed by atoms with van der Waals surface area (Å²) >= 11 is 0. The summed E-state index contributed by atoms with van der Waals surface area (Å²) < 4.78 is 1.66. The maximum atomic E-state index is 11.4. The molecule has 1 aliphatic rings. The number of nitrogens with zero attached hydrogens (tertiary/aromatic N) is 3. The van der Waals surface area contributed by atoms with Crippen molar-refractivity contribution in [2.24, 2.45) is 5.73 Å². The van der Waals surface area contributed by atoms with E-state index >= 15 is 0 Å². The third kappa shape index (κ3) is 2.78. The molecule has 92 valence electrons. The van der Waals surface area contributed by atoms with Gasteiger partial charge in [0.2, 0.25) is 0 Å². The van der Waals surface area contributed by atoms with Gasteiger partial charge in [0.15, 0.2) is 5.69 Å². The topological polar surface area (TPSA) is 115 Å². The standard InChI is InChI=1S/C9H14N6O2/c10-9(17)12-8(16)7-5-15(14-13-7)6-1-3-11-4-2-6/h5-6,11H,1-4H2,(H3,10,12,16,17). The summed E-state index contributed by atoms with van der Waals surface area (Å²) in [5.41, 5.74) is 4.95. The molecule has 3 amide bonds. The number of hydrogen-bond acceptors (Lipinski definition) is 5. The van der Waals surface area contributed by atoms with Crippen molar-refractivity contribution < 1.29 is 9.59 Å². The van der Waals surface area contributed by atoms with Crippen LogP contribution >= 0.6 is 0 Å². The van der Waals surface area contributed by atoms with Crippen molar-refractivity contribution in [1.82, 2.24) is 25.6 Å². The van der Waals surface area contributed by atoms with Gasteiger partial charge in [-0.2, -0.15) is 0 Å². The number of piperidine rings is 1. The molecular formula is C9H14N6O2. The van der Waals surface area contributed by atoms with Crippen molar-refractivity contribution in [2.75, 3.05) is 13.1 Å². The van der Waals surface area contributed by atoms with E-state index in [4.69, 9.17) is 5.73 Å². The summed E-state index contributed by atoms with van der Waals surface area (Å²) in [6.45, 7) is 1.85. The number of hydrogen-bond donors (Lipinski definition) is 3. The van der Waals surface area contributed by atoms with Gasteiger partial charge in [-0.25, -0.2) is 9.48 Å². The minimum absolute atomic E-state index is 0.0994. The lowest BCUT2D eigenvalue weighted by molar-refractivity contribution is 0.0961. The van der Waals surface area contributed by atoms with E-state index in [1.54, 1.807) is 4.68 Å². The van der Waals surface area contributed by atoms with Crippen molar-refractivity contribution in [3.05, 3.63) is 11.9 Å². The molecule has 1 aromatic rings. The molecule has 0 aliphatic carbocycles. The molecule has 4 N–H and O–H groups in total. The highest BCUT2D eigenvalue weighted by Crippen LogP contribution is 2.16. The van der Waals surface area contributed by atoms with Gasteiger partial charge in [0.25, 0.3) is 5.91 Å². The lowest BCUT2D eigenvalue weighted by Gasteiger charge is -2.21. The fraction of sp³-hybridized carbons (Fsp3) is 0.556. The Bertz CT molecular complexity index is 423. The average molecular weight is 238 g/mol. The summed E-state index contributed by atoms with van der Waals surface area (Å²) in [5, 5.41) is 12.8. The van der Waals surface area contributed by atoms with Crippen molar-refractivity contribution in [1.29, 1.82) is 0 Å². The molecule has 0 spiro atoms. The van der Waals surface area contributed by atoms with Crippen molar-refractivity contribution >= 4 is 11.9 Å². The highest BCUT2D eigenvalue weighted by molar-refractivity contribution is 6.02. The summed E-state index contributed by atoms with van der Waals surface area (Å²) in [6, 6.07) is -0.648. The Morgan fingerprint density at radius 1 is 1.47 bits per heavy atom. The summed E-state index contributed by atoms with van der Waals surface area (Å²) in [5.74, 6) is -0.627. The molecule has 1 aliphatic heterocycles. The number of rotatable bonds is 2. The second-order valence-electron chi connectivity index (χ2n) is 3.88. The first kappa shape index (κ1) is 11.5. The van der Waals surface area contributed by atoms with Crippen LogP contribution in [-0.4, -0.2) is 40.0 Å². The third-order valence-electron chi connectivity index (χ3n) is 2.66. The molecule has 0 atom stereocenters. The Kier molecular flexibility index (Phi) is 3.33. The van der Waals surface area contributed by atoms with Crippen LogP contribution in [0.2, 0.25) is 0 Å². The Hall–Kier alpha value is -1.96. The molecular weight excluding hydrogens is 224 g/mol. The normalized spacial score (nSPS) is 16.7. The van der Waals surface area contributed by atoms with E-state index in [1.807, 2.05) is 5.32 Å². The van der Waals surface area contributed by atoms with Crippen LogP contribution in [0.25, 0.3) is 0 Å². The predicted octanol–water partition coefficient (Wildman–Crippen LogP) is -0.989. The van der Waals surface area contributed by atoms with Gasteiger partial charge in [0, 0.05) is 0 Å². The first-order chi connectivity index (χ1) is 8.16. The average Bonchev–Trinajstić information content (AvgIpc) is 2.78. The van der Waals surface area contributed by atoms with E-state index in [-0.39, 0.29) is 11.7 Å². The lowest BCUT2D eigenvalue weighted by atomic mass is 10.1. The highest BCUT2D eigenvalue weighted by Gasteiger charge is 2.19. The fourth-order valence-electron chi connectivity index (χ4n) is 1.81. The maximum Gasteiger partial charge on any atom is 0.319 e. The molecule has 0 unspecified atom stereocenters. The molecule has 2 rings (SSSR count). The fourth-order valence-corrected chi connectivity index (χ4v) is 1.81. The zero-order valence-electron chi connectivity index (χ0n) is 9.22. The lowest BCUT2D eigenvalue weighted by Crippen LogP contribution is -2.35. The SMILES string of the molecule is NC(=O)NC(=O)c1cn(C2CCNCC2)nn1. The zero-order valence-corrected chi connectivity index (χ0v) is 9.22. The molecule has 8 heteroatoms. The monoisotopic (exact) mass is 238 g/mol. The number of imide groups is 1. The highest BCUT2D eigenvalue weighted by atomic mass is 16.2.